The Morgan fingerprint density at radius 2 is 2.27 bits per heavy atom. The van der Waals surface area contributed by atoms with Gasteiger partial charge in [-0.05, 0) is 6.08 Å². The van der Waals surface area contributed by atoms with Crippen molar-refractivity contribution in [2.75, 3.05) is 20.1 Å². The van der Waals surface area contributed by atoms with Crippen molar-refractivity contribution in [1.29, 1.82) is 0 Å². The molecule has 0 unspecified atom stereocenters. The third-order valence-electron chi connectivity index (χ3n) is 1.16. The number of allylic oxidation sites excluding steroid dienone is 1. The zero-order valence-corrected chi connectivity index (χ0v) is 6.49. The van der Waals surface area contributed by atoms with Crippen LogP contribution in [-0.4, -0.2) is 37.2 Å². The number of carbonyl (C=O) groups is 2. The number of carbonyl (C=O) groups excluding carboxylic acids is 2. The molecule has 11 heavy (non-hydrogen) atoms. The monoisotopic (exact) mass is 156 g/mol. The Labute approximate surface area is 65.7 Å². The van der Waals surface area contributed by atoms with Crippen molar-refractivity contribution in [3.63, 3.8) is 0 Å². The van der Waals surface area contributed by atoms with Crippen LogP contribution >= 0.6 is 0 Å². The van der Waals surface area contributed by atoms with Crippen LogP contribution in [0.4, 0.5) is 0 Å². The first-order valence-electron chi connectivity index (χ1n) is 3.29. The fraction of sp³-hybridized carbons (Fsp3) is 0.429. The van der Waals surface area contributed by atoms with Crippen LogP contribution in [0, 0.1) is 0 Å². The maximum absolute atomic E-state index is 10.9. The molecule has 4 heteroatoms. The summed E-state index contributed by atoms with van der Waals surface area (Å²) in [4.78, 5) is 22.2. The van der Waals surface area contributed by atoms with Crippen LogP contribution in [0.3, 0.4) is 0 Å². The summed E-state index contributed by atoms with van der Waals surface area (Å²) in [5.41, 5.74) is 5.21. The van der Waals surface area contributed by atoms with Gasteiger partial charge in [0.1, 0.15) is 6.29 Å². The zero-order chi connectivity index (χ0) is 8.69. The van der Waals surface area contributed by atoms with Crippen LogP contribution < -0.4 is 5.73 Å². The van der Waals surface area contributed by atoms with Crippen LogP contribution in [-0.2, 0) is 9.59 Å². The van der Waals surface area contributed by atoms with Gasteiger partial charge in [0, 0.05) is 26.2 Å². The molecule has 0 saturated carbocycles. The molecule has 0 fully saturated rings. The first-order valence-corrected chi connectivity index (χ1v) is 3.29. The second-order valence-electron chi connectivity index (χ2n) is 2.04. The van der Waals surface area contributed by atoms with Gasteiger partial charge in [-0.2, -0.15) is 0 Å². The maximum atomic E-state index is 10.9. The number of aldehydes is 1. The van der Waals surface area contributed by atoms with E-state index in [9.17, 15) is 9.59 Å². The number of likely N-dealkylation sites (N-methyl/N-ethyl adjacent to an activating group) is 1. The maximum Gasteiger partial charge on any atom is 0.246 e. The third-order valence-corrected chi connectivity index (χ3v) is 1.16. The second kappa shape index (κ2) is 5.61. The molecule has 62 valence electrons. The van der Waals surface area contributed by atoms with E-state index in [-0.39, 0.29) is 5.91 Å². The fourth-order valence-corrected chi connectivity index (χ4v) is 0.553. The van der Waals surface area contributed by atoms with Gasteiger partial charge in [0.25, 0.3) is 0 Å². The van der Waals surface area contributed by atoms with E-state index in [1.165, 1.54) is 11.0 Å². The molecule has 4 nitrogen and oxygen atoms in total. The van der Waals surface area contributed by atoms with Crippen molar-refractivity contribution < 1.29 is 9.59 Å². The van der Waals surface area contributed by atoms with E-state index in [1.54, 1.807) is 7.05 Å². The molecule has 0 aromatic heterocycles. The Morgan fingerprint density at radius 1 is 1.64 bits per heavy atom. The second-order valence-corrected chi connectivity index (χ2v) is 2.04. The Hall–Kier alpha value is -1.16. The highest BCUT2D eigenvalue weighted by Gasteiger charge is 2.00. The van der Waals surface area contributed by atoms with Gasteiger partial charge in [0.15, 0.2) is 0 Å². The minimum absolute atomic E-state index is 0.206. The van der Waals surface area contributed by atoms with E-state index < -0.39 is 0 Å². The summed E-state index contributed by atoms with van der Waals surface area (Å²) >= 11 is 0. The summed E-state index contributed by atoms with van der Waals surface area (Å²) in [6.45, 7) is 0.930. The molecule has 0 radical (unpaired) electrons. The summed E-state index contributed by atoms with van der Waals surface area (Å²) in [5, 5.41) is 0. The lowest BCUT2D eigenvalue weighted by molar-refractivity contribution is -0.124. The predicted octanol–water partition coefficient (Wildman–Crippen LogP) is -0.841. The molecule has 0 atom stereocenters. The molecule has 0 heterocycles. The summed E-state index contributed by atoms with van der Waals surface area (Å²) in [5.74, 6) is -0.206. The van der Waals surface area contributed by atoms with Crippen molar-refractivity contribution in [1.82, 2.24) is 4.90 Å². The lowest BCUT2D eigenvalue weighted by Crippen LogP contribution is -2.30. The predicted molar refractivity (Wildman–Crippen MR) is 41.9 cm³/mol. The Bertz CT molecular complexity index is 166. The highest BCUT2D eigenvalue weighted by atomic mass is 16.2. The van der Waals surface area contributed by atoms with Gasteiger partial charge < -0.3 is 10.6 Å². The molecule has 0 spiro atoms. The average Bonchev–Trinajstić information content (AvgIpc) is 2.00. The largest absolute Gasteiger partial charge is 0.341 e. The van der Waals surface area contributed by atoms with Crippen molar-refractivity contribution in [2.45, 2.75) is 0 Å². The lowest BCUT2D eigenvalue weighted by Gasteiger charge is -2.12. The number of hydrogen-bond acceptors (Lipinski definition) is 3. The van der Waals surface area contributed by atoms with E-state index in [2.05, 4.69) is 0 Å². The van der Waals surface area contributed by atoms with Gasteiger partial charge in [-0.25, -0.2) is 0 Å². The van der Waals surface area contributed by atoms with Crippen LogP contribution in [0.1, 0.15) is 0 Å². The lowest BCUT2D eigenvalue weighted by atomic mass is 10.4. The zero-order valence-electron chi connectivity index (χ0n) is 6.49. The van der Waals surface area contributed by atoms with Gasteiger partial charge in [0.2, 0.25) is 5.91 Å². The topological polar surface area (TPSA) is 63.4 Å². The normalized spacial score (nSPS) is 10.0. The third kappa shape index (κ3) is 4.27. The van der Waals surface area contributed by atoms with Gasteiger partial charge in [0.05, 0.1) is 0 Å². The molecule has 1 amide bonds. The van der Waals surface area contributed by atoms with E-state index >= 15 is 0 Å². The number of rotatable bonds is 4. The van der Waals surface area contributed by atoms with Crippen molar-refractivity contribution in [2.24, 2.45) is 5.73 Å². The Morgan fingerprint density at radius 3 is 2.73 bits per heavy atom. The van der Waals surface area contributed by atoms with Gasteiger partial charge >= 0.3 is 0 Å². The van der Waals surface area contributed by atoms with Crippen molar-refractivity contribution in [3.05, 3.63) is 12.2 Å². The molecule has 0 saturated heterocycles. The number of amides is 1. The van der Waals surface area contributed by atoms with E-state index in [1.807, 2.05) is 0 Å². The Balaban J connectivity index is 3.81. The number of nitrogens with zero attached hydrogens (tertiary/aromatic N) is 1. The van der Waals surface area contributed by atoms with Crippen molar-refractivity contribution in [3.8, 4) is 0 Å². The molecule has 0 aliphatic rings. The van der Waals surface area contributed by atoms with Crippen molar-refractivity contribution >= 4 is 12.2 Å². The number of hydrogen-bond donors (Lipinski definition) is 1. The first-order chi connectivity index (χ1) is 5.22. The molecule has 2 N–H and O–H groups in total. The van der Waals surface area contributed by atoms with Crippen LogP contribution in [0.25, 0.3) is 0 Å². The number of nitrogens with two attached hydrogens (primary N) is 1. The molecule has 0 bridgehead atoms. The minimum atomic E-state index is -0.206. The first kappa shape index (κ1) is 9.84. The highest BCUT2D eigenvalue weighted by molar-refractivity contribution is 5.90. The molecule has 0 rings (SSSR count). The van der Waals surface area contributed by atoms with Crippen LogP contribution in [0.15, 0.2) is 12.2 Å². The van der Waals surface area contributed by atoms with Gasteiger partial charge in [-0.3, -0.25) is 9.59 Å². The fourth-order valence-electron chi connectivity index (χ4n) is 0.553. The summed E-state index contributed by atoms with van der Waals surface area (Å²) < 4.78 is 0. The Kier molecular flexibility index (Phi) is 5.02. The van der Waals surface area contributed by atoms with Gasteiger partial charge in [-0.15, -0.1) is 0 Å². The van der Waals surface area contributed by atoms with Crippen LogP contribution in [0.5, 0.6) is 0 Å². The standard InChI is InChI=1S/C7H12N2O2/c1-9(5-4-8)7(11)3-2-6-10/h2-3,6H,4-5,8H2,1H3/b3-2-. The summed E-state index contributed by atoms with van der Waals surface area (Å²) in [6.07, 6.45) is 2.94. The summed E-state index contributed by atoms with van der Waals surface area (Å²) in [6, 6.07) is 0. The summed E-state index contributed by atoms with van der Waals surface area (Å²) in [7, 11) is 1.63. The van der Waals surface area contributed by atoms with E-state index in [4.69, 9.17) is 5.73 Å². The average molecular weight is 156 g/mol. The van der Waals surface area contributed by atoms with Crippen LogP contribution in [0.2, 0.25) is 0 Å². The highest BCUT2D eigenvalue weighted by Crippen LogP contribution is 1.83. The van der Waals surface area contributed by atoms with Gasteiger partial charge in [-0.1, -0.05) is 0 Å². The van der Waals surface area contributed by atoms with E-state index in [0.717, 1.165) is 6.08 Å². The smallest absolute Gasteiger partial charge is 0.246 e. The molecule has 0 aliphatic carbocycles. The molecule has 0 aromatic rings. The van der Waals surface area contributed by atoms with E-state index in [0.29, 0.717) is 19.4 Å². The quantitative estimate of drug-likeness (QED) is 0.426. The molecular weight excluding hydrogens is 144 g/mol. The molecule has 0 aromatic carbocycles. The SMILES string of the molecule is CN(CCN)C(=O)/C=C\C=O. The minimum Gasteiger partial charge on any atom is -0.341 e. The molecule has 0 aliphatic heterocycles. The molecular formula is C7H12N2O2.